The highest BCUT2D eigenvalue weighted by atomic mass is 16.5. The molecule has 6 nitrogen and oxygen atoms in total. The average molecular weight is 301 g/mol. The lowest BCUT2D eigenvalue weighted by Gasteiger charge is -2.34. The van der Waals surface area contributed by atoms with E-state index in [-0.39, 0.29) is 5.91 Å². The van der Waals surface area contributed by atoms with E-state index < -0.39 is 5.54 Å². The average Bonchev–Trinajstić information content (AvgIpc) is 3.17. The summed E-state index contributed by atoms with van der Waals surface area (Å²) in [5.74, 6) is 1.55. The summed E-state index contributed by atoms with van der Waals surface area (Å²) in [6.07, 6.45) is 9.58. The van der Waals surface area contributed by atoms with Crippen molar-refractivity contribution in [2.75, 3.05) is 0 Å². The number of carbonyl (C=O) groups is 1. The Labute approximate surface area is 128 Å². The maximum Gasteiger partial charge on any atom is 0.244 e. The number of aryl methyl sites for hydroxylation is 1. The van der Waals surface area contributed by atoms with Gasteiger partial charge in [-0.3, -0.25) is 4.79 Å². The first kappa shape index (κ1) is 14.6. The summed E-state index contributed by atoms with van der Waals surface area (Å²) < 4.78 is 10.3. The van der Waals surface area contributed by atoms with Gasteiger partial charge in [0.25, 0.3) is 0 Å². The Balaban J connectivity index is 1.77. The molecule has 0 atom stereocenters. The van der Waals surface area contributed by atoms with Gasteiger partial charge in [0, 0.05) is 13.0 Å². The molecule has 3 rings (SSSR count). The maximum atomic E-state index is 12.3. The first-order chi connectivity index (χ1) is 10.7. The number of hydrogen-bond donors (Lipinski definition) is 1. The van der Waals surface area contributed by atoms with Gasteiger partial charge in [-0.1, -0.05) is 24.4 Å². The smallest absolute Gasteiger partial charge is 0.244 e. The van der Waals surface area contributed by atoms with E-state index in [1.165, 1.54) is 6.08 Å². The van der Waals surface area contributed by atoms with Crippen LogP contribution in [-0.4, -0.2) is 16.0 Å². The Morgan fingerprint density at radius 1 is 1.36 bits per heavy atom. The van der Waals surface area contributed by atoms with Gasteiger partial charge in [0.05, 0.1) is 6.26 Å². The molecule has 1 aliphatic carbocycles. The van der Waals surface area contributed by atoms with Crippen molar-refractivity contribution in [1.29, 1.82) is 0 Å². The van der Waals surface area contributed by atoms with Crippen LogP contribution in [0.15, 0.2) is 33.4 Å². The van der Waals surface area contributed by atoms with Crippen molar-refractivity contribution in [3.63, 3.8) is 0 Å². The molecule has 1 fully saturated rings. The van der Waals surface area contributed by atoms with Crippen molar-refractivity contribution in [3.05, 3.63) is 41.9 Å². The molecule has 0 saturated heterocycles. The zero-order chi connectivity index (χ0) is 15.4. The van der Waals surface area contributed by atoms with E-state index in [2.05, 4.69) is 15.5 Å². The van der Waals surface area contributed by atoms with Crippen LogP contribution < -0.4 is 5.32 Å². The van der Waals surface area contributed by atoms with Gasteiger partial charge in [-0.25, -0.2) is 0 Å². The van der Waals surface area contributed by atoms with Crippen molar-refractivity contribution in [1.82, 2.24) is 15.5 Å². The van der Waals surface area contributed by atoms with Crippen molar-refractivity contribution in [3.8, 4) is 0 Å². The number of nitrogens with zero attached hydrogens (tertiary/aromatic N) is 2. The highest BCUT2D eigenvalue weighted by molar-refractivity contribution is 5.91. The van der Waals surface area contributed by atoms with E-state index >= 15 is 0 Å². The molecule has 1 aliphatic rings. The third-order valence-corrected chi connectivity index (χ3v) is 3.97. The largest absolute Gasteiger partial charge is 0.465 e. The van der Waals surface area contributed by atoms with Gasteiger partial charge in [-0.15, -0.1) is 0 Å². The molecule has 1 N–H and O–H groups in total. The minimum absolute atomic E-state index is 0.180. The van der Waals surface area contributed by atoms with Gasteiger partial charge in [0.2, 0.25) is 11.8 Å². The van der Waals surface area contributed by atoms with E-state index in [4.69, 9.17) is 8.94 Å². The fourth-order valence-corrected chi connectivity index (χ4v) is 2.87. The lowest BCUT2D eigenvalue weighted by Crippen LogP contribution is -2.47. The number of furan rings is 1. The van der Waals surface area contributed by atoms with Crippen LogP contribution in [0.25, 0.3) is 6.08 Å². The second kappa shape index (κ2) is 6.17. The maximum absolute atomic E-state index is 12.3. The fourth-order valence-electron chi connectivity index (χ4n) is 2.87. The Morgan fingerprint density at radius 2 is 2.18 bits per heavy atom. The third kappa shape index (κ3) is 3.10. The van der Waals surface area contributed by atoms with Crippen LogP contribution in [0.3, 0.4) is 0 Å². The lowest BCUT2D eigenvalue weighted by molar-refractivity contribution is -0.119. The molecule has 2 heterocycles. The predicted molar refractivity (Wildman–Crippen MR) is 79.7 cm³/mol. The standard InChI is InChI=1S/C16H19N3O3/c1-12-17-15(19-22-12)16(9-3-2-4-10-16)18-14(20)8-7-13-6-5-11-21-13/h5-8,11H,2-4,9-10H2,1H3,(H,18,20)/b8-7+. The van der Waals surface area contributed by atoms with Crippen molar-refractivity contribution >= 4 is 12.0 Å². The summed E-state index contributed by atoms with van der Waals surface area (Å²) >= 11 is 0. The van der Waals surface area contributed by atoms with Crippen LogP contribution in [0.4, 0.5) is 0 Å². The molecule has 6 heteroatoms. The Hall–Kier alpha value is -2.37. The minimum atomic E-state index is -0.527. The molecule has 2 aromatic rings. The molecule has 0 aliphatic heterocycles. The van der Waals surface area contributed by atoms with Crippen LogP contribution in [0.5, 0.6) is 0 Å². The van der Waals surface area contributed by atoms with Crippen LogP contribution in [0.1, 0.15) is 49.6 Å². The van der Waals surface area contributed by atoms with E-state index in [9.17, 15) is 4.79 Å². The molecule has 2 aromatic heterocycles. The summed E-state index contributed by atoms with van der Waals surface area (Å²) in [4.78, 5) is 16.6. The fraction of sp³-hybridized carbons (Fsp3) is 0.438. The second-order valence-electron chi connectivity index (χ2n) is 5.62. The number of carbonyl (C=O) groups excluding carboxylic acids is 1. The zero-order valence-electron chi connectivity index (χ0n) is 12.5. The molecule has 22 heavy (non-hydrogen) atoms. The quantitative estimate of drug-likeness (QED) is 0.878. The molecule has 0 bridgehead atoms. The molecule has 0 unspecified atom stereocenters. The molecular weight excluding hydrogens is 282 g/mol. The Morgan fingerprint density at radius 3 is 2.82 bits per heavy atom. The van der Waals surface area contributed by atoms with Crippen LogP contribution in [0, 0.1) is 6.92 Å². The lowest BCUT2D eigenvalue weighted by atomic mass is 9.81. The molecule has 0 spiro atoms. The Kier molecular flexibility index (Phi) is 4.09. The van der Waals surface area contributed by atoms with E-state index in [1.807, 2.05) is 0 Å². The van der Waals surface area contributed by atoms with Crippen molar-refractivity contribution < 1.29 is 13.7 Å². The van der Waals surface area contributed by atoms with Gasteiger partial charge in [0.1, 0.15) is 11.3 Å². The van der Waals surface area contributed by atoms with Gasteiger partial charge in [-0.2, -0.15) is 4.98 Å². The van der Waals surface area contributed by atoms with Gasteiger partial charge < -0.3 is 14.3 Å². The summed E-state index contributed by atoms with van der Waals surface area (Å²) in [6.45, 7) is 1.76. The third-order valence-electron chi connectivity index (χ3n) is 3.97. The molecule has 0 aromatic carbocycles. The number of nitrogens with one attached hydrogen (secondary N) is 1. The number of aromatic nitrogens is 2. The van der Waals surface area contributed by atoms with Gasteiger partial charge >= 0.3 is 0 Å². The van der Waals surface area contributed by atoms with Crippen molar-refractivity contribution in [2.45, 2.75) is 44.6 Å². The number of amides is 1. The minimum Gasteiger partial charge on any atom is -0.465 e. The summed E-state index contributed by atoms with van der Waals surface area (Å²) in [5, 5.41) is 7.10. The second-order valence-corrected chi connectivity index (χ2v) is 5.62. The molecule has 0 radical (unpaired) electrons. The highest BCUT2D eigenvalue weighted by Crippen LogP contribution is 2.35. The first-order valence-corrected chi connectivity index (χ1v) is 7.52. The normalized spacial score (nSPS) is 17.7. The molecule has 1 amide bonds. The van der Waals surface area contributed by atoms with Crippen LogP contribution >= 0.6 is 0 Å². The van der Waals surface area contributed by atoms with Gasteiger partial charge in [0.15, 0.2) is 5.82 Å². The molecule has 116 valence electrons. The van der Waals surface area contributed by atoms with E-state index in [1.54, 1.807) is 31.4 Å². The van der Waals surface area contributed by atoms with Gasteiger partial charge in [-0.05, 0) is 31.1 Å². The molecular formula is C16H19N3O3. The summed E-state index contributed by atoms with van der Waals surface area (Å²) in [5.41, 5.74) is -0.527. The van der Waals surface area contributed by atoms with Crippen LogP contribution in [-0.2, 0) is 10.3 Å². The monoisotopic (exact) mass is 301 g/mol. The highest BCUT2D eigenvalue weighted by Gasteiger charge is 2.39. The summed E-state index contributed by atoms with van der Waals surface area (Å²) in [7, 11) is 0. The van der Waals surface area contributed by atoms with Crippen LogP contribution in [0.2, 0.25) is 0 Å². The summed E-state index contributed by atoms with van der Waals surface area (Å²) in [6, 6.07) is 3.57. The number of hydrogen-bond acceptors (Lipinski definition) is 5. The predicted octanol–water partition coefficient (Wildman–Crippen LogP) is 2.96. The zero-order valence-corrected chi connectivity index (χ0v) is 12.5. The topological polar surface area (TPSA) is 81.2 Å². The molecule has 1 saturated carbocycles. The van der Waals surface area contributed by atoms with E-state index in [0.717, 1.165) is 32.1 Å². The van der Waals surface area contributed by atoms with E-state index in [0.29, 0.717) is 17.5 Å². The Bertz CT molecular complexity index is 652. The SMILES string of the molecule is Cc1nc(C2(NC(=O)/C=C/c3ccco3)CCCCC2)no1. The first-order valence-electron chi connectivity index (χ1n) is 7.52. The number of rotatable bonds is 4. The van der Waals surface area contributed by atoms with Crippen molar-refractivity contribution in [2.24, 2.45) is 0 Å².